The second-order valence-corrected chi connectivity index (χ2v) is 4.49. The molecule has 100 valence electrons. The van der Waals surface area contributed by atoms with Crippen LogP contribution in [-0.4, -0.2) is 26.1 Å². The number of amides is 1. The van der Waals surface area contributed by atoms with E-state index < -0.39 is 0 Å². The van der Waals surface area contributed by atoms with Crippen molar-refractivity contribution in [3.8, 4) is 5.75 Å². The van der Waals surface area contributed by atoms with Gasteiger partial charge in [-0.1, -0.05) is 12.1 Å². The standard InChI is InChI=1S/C14H22N2O2/c1-11(15)7-6-10-14(17)16(2)12-8-4-5-9-13(12)18-3/h4-5,8-9,11H,6-7,10,15H2,1-3H3. The van der Waals surface area contributed by atoms with Crippen molar-refractivity contribution in [2.45, 2.75) is 32.2 Å². The van der Waals surface area contributed by atoms with Gasteiger partial charge in [0.05, 0.1) is 12.8 Å². The number of carbonyl (C=O) groups excluding carboxylic acids is 1. The van der Waals surface area contributed by atoms with Crippen LogP contribution in [0.1, 0.15) is 26.2 Å². The van der Waals surface area contributed by atoms with Gasteiger partial charge in [-0.25, -0.2) is 0 Å². The van der Waals surface area contributed by atoms with E-state index in [0.29, 0.717) is 12.2 Å². The van der Waals surface area contributed by atoms with Crippen LogP contribution in [0.25, 0.3) is 0 Å². The number of nitrogens with two attached hydrogens (primary N) is 1. The van der Waals surface area contributed by atoms with Crippen LogP contribution in [0.15, 0.2) is 24.3 Å². The first-order valence-electron chi connectivity index (χ1n) is 6.21. The van der Waals surface area contributed by atoms with E-state index in [2.05, 4.69) is 0 Å². The molecule has 1 unspecified atom stereocenters. The average Bonchev–Trinajstić information content (AvgIpc) is 2.37. The summed E-state index contributed by atoms with van der Waals surface area (Å²) in [5.74, 6) is 0.792. The number of benzene rings is 1. The van der Waals surface area contributed by atoms with Gasteiger partial charge in [0.2, 0.25) is 5.91 Å². The zero-order valence-corrected chi connectivity index (χ0v) is 11.3. The number of nitrogens with zero attached hydrogens (tertiary/aromatic N) is 1. The van der Waals surface area contributed by atoms with Gasteiger partial charge in [0.25, 0.3) is 0 Å². The van der Waals surface area contributed by atoms with E-state index in [0.717, 1.165) is 18.5 Å². The lowest BCUT2D eigenvalue weighted by Gasteiger charge is -2.20. The van der Waals surface area contributed by atoms with Crippen molar-refractivity contribution in [2.24, 2.45) is 5.73 Å². The maximum absolute atomic E-state index is 12.0. The summed E-state index contributed by atoms with van der Waals surface area (Å²) >= 11 is 0. The Bertz CT molecular complexity index is 391. The first kappa shape index (κ1) is 14.5. The zero-order valence-electron chi connectivity index (χ0n) is 11.3. The van der Waals surface area contributed by atoms with Crippen LogP contribution in [-0.2, 0) is 4.79 Å². The second kappa shape index (κ2) is 7.01. The number of para-hydroxylation sites is 2. The maximum atomic E-state index is 12.0. The summed E-state index contributed by atoms with van der Waals surface area (Å²) in [5, 5.41) is 0. The van der Waals surface area contributed by atoms with Gasteiger partial charge in [-0.2, -0.15) is 0 Å². The molecule has 1 atom stereocenters. The number of carbonyl (C=O) groups is 1. The molecule has 1 rings (SSSR count). The maximum Gasteiger partial charge on any atom is 0.226 e. The molecule has 0 radical (unpaired) electrons. The molecule has 4 heteroatoms. The lowest BCUT2D eigenvalue weighted by atomic mass is 10.1. The van der Waals surface area contributed by atoms with Crippen LogP contribution in [0.4, 0.5) is 5.69 Å². The van der Waals surface area contributed by atoms with Crippen LogP contribution < -0.4 is 15.4 Å². The molecule has 0 aromatic heterocycles. The molecule has 4 nitrogen and oxygen atoms in total. The lowest BCUT2D eigenvalue weighted by Crippen LogP contribution is -2.26. The van der Waals surface area contributed by atoms with Gasteiger partial charge in [-0.15, -0.1) is 0 Å². The van der Waals surface area contributed by atoms with Crippen LogP contribution >= 0.6 is 0 Å². The molecule has 0 heterocycles. The molecular formula is C14H22N2O2. The summed E-state index contributed by atoms with van der Waals surface area (Å²) in [5.41, 5.74) is 6.46. The van der Waals surface area contributed by atoms with E-state index in [1.54, 1.807) is 19.1 Å². The second-order valence-electron chi connectivity index (χ2n) is 4.49. The minimum Gasteiger partial charge on any atom is -0.495 e. The first-order valence-corrected chi connectivity index (χ1v) is 6.21. The summed E-state index contributed by atoms with van der Waals surface area (Å²) in [6.45, 7) is 1.95. The SMILES string of the molecule is COc1ccccc1N(C)C(=O)CCCC(C)N. The predicted molar refractivity (Wildman–Crippen MR) is 73.9 cm³/mol. The molecule has 1 aromatic carbocycles. The summed E-state index contributed by atoms with van der Waals surface area (Å²) < 4.78 is 5.25. The normalized spacial score (nSPS) is 12.0. The average molecular weight is 250 g/mol. The summed E-state index contributed by atoms with van der Waals surface area (Å²) in [6, 6.07) is 7.65. The quantitative estimate of drug-likeness (QED) is 0.842. The molecule has 0 aliphatic carbocycles. The highest BCUT2D eigenvalue weighted by atomic mass is 16.5. The molecule has 2 N–H and O–H groups in total. The molecule has 0 saturated heterocycles. The van der Waals surface area contributed by atoms with Gasteiger partial charge < -0.3 is 15.4 Å². The van der Waals surface area contributed by atoms with E-state index >= 15 is 0 Å². The van der Waals surface area contributed by atoms with Crippen molar-refractivity contribution in [1.82, 2.24) is 0 Å². The predicted octanol–water partition coefficient (Wildman–Crippen LogP) is 2.18. The summed E-state index contributed by atoms with van der Waals surface area (Å²) in [7, 11) is 3.37. The van der Waals surface area contributed by atoms with Gasteiger partial charge in [0, 0.05) is 19.5 Å². The lowest BCUT2D eigenvalue weighted by molar-refractivity contribution is -0.118. The molecule has 0 fully saturated rings. The van der Waals surface area contributed by atoms with E-state index in [1.165, 1.54) is 0 Å². The number of rotatable bonds is 6. The third-order valence-corrected chi connectivity index (χ3v) is 2.87. The van der Waals surface area contributed by atoms with Crippen LogP contribution in [0.3, 0.4) is 0 Å². The van der Waals surface area contributed by atoms with Crippen molar-refractivity contribution in [1.29, 1.82) is 0 Å². The molecule has 0 aliphatic rings. The van der Waals surface area contributed by atoms with Gasteiger partial charge in [-0.05, 0) is 31.9 Å². The van der Waals surface area contributed by atoms with Crippen molar-refractivity contribution in [3.05, 3.63) is 24.3 Å². The third kappa shape index (κ3) is 4.04. The topological polar surface area (TPSA) is 55.6 Å². The highest BCUT2D eigenvalue weighted by Crippen LogP contribution is 2.27. The molecule has 18 heavy (non-hydrogen) atoms. The van der Waals surface area contributed by atoms with Crippen LogP contribution in [0.5, 0.6) is 5.75 Å². The molecule has 0 spiro atoms. The Morgan fingerprint density at radius 3 is 2.72 bits per heavy atom. The number of anilines is 1. The zero-order chi connectivity index (χ0) is 13.5. The van der Waals surface area contributed by atoms with Crippen molar-refractivity contribution in [2.75, 3.05) is 19.1 Å². The van der Waals surface area contributed by atoms with Gasteiger partial charge >= 0.3 is 0 Å². The van der Waals surface area contributed by atoms with E-state index in [9.17, 15) is 4.79 Å². The fraction of sp³-hybridized carbons (Fsp3) is 0.500. The smallest absolute Gasteiger partial charge is 0.226 e. The first-order chi connectivity index (χ1) is 8.56. The molecule has 0 aliphatic heterocycles. The van der Waals surface area contributed by atoms with Crippen molar-refractivity contribution < 1.29 is 9.53 Å². The van der Waals surface area contributed by atoms with Gasteiger partial charge in [0.15, 0.2) is 0 Å². The fourth-order valence-electron chi connectivity index (χ4n) is 1.78. The molecule has 1 aromatic rings. The van der Waals surface area contributed by atoms with Crippen molar-refractivity contribution in [3.63, 3.8) is 0 Å². The Kier molecular flexibility index (Phi) is 5.65. The van der Waals surface area contributed by atoms with Crippen LogP contribution in [0.2, 0.25) is 0 Å². The number of hydrogen-bond acceptors (Lipinski definition) is 3. The number of methoxy groups -OCH3 is 1. The number of ether oxygens (including phenoxy) is 1. The van der Waals surface area contributed by atoms with Crippen LogP contribution in [0, 0.1) is 0 Å². The Morgan fingerprint density at radius 2 is 2.11 bits per heavy atom. The Labute approximate surface area is 109 Å². The van der Waals surface area contributed by atoms with Gasteiger partial charge in [0.1, 0.15) is 5.75 Å². The highest BCUT2D eigenvalue weighted by Gasteiger charge is 2.14. The Hall–Kier alpha value is -1.55. The minimum absolute atomic E-state index is 0.0835. The van der Waals surface area contributed by atoms with E-state index in [4.69, 9.17) is 10.5 Å². The summed E-state index contributed by atoms with van der Waals surface area (Å²) in [6.07, 6.45) is 2.19. The minimum atomic E-state index is 0.0835. The Balaban J connectivity index is 2.62. The number of hydrogen-bond donors (Lipinski definition) is 1. The largest absolute Gasteiger partial charge is 0.495 e. The summed E-state index contributed by atoms with van der Waals surface area (Å²) in [4.78, 5) is 13.7. The monoisotopic (exact) mass is 250 g/mol. The Morgan fingerprint density at radius 1 is 1.44 bits per heavy atom. The molecule has 1 amide bonds. The van der Waals surface area contributed by atoms with Crippen molar-refractivity contribution >= 4 is 11.6 Å². The third-order valence-electron chi connectivity index (χ3n) is 2.87. The molecule has 0 saturated carbocycles. The fourth-order valence-corrected chi connectivity index (χ4v) is 1.78. The molecular weight excluding hydrogens is 228 g/mol. The highest BCUT2D eigenvalue weighted by molar-refractivity contribution is 5.94. The van der Waals surface area contributed by atoms with E-state index in [1.807, 2.05) is 31.2 Å². The van der Waals surface area contributed by atoms with E-state index in [-0.39, 0.29) is 11.9 Å². The van der Waals surface area contributed by atoms with Gasteiger partial charge in [-0.3, -0.25) is 4.79 Å². The molecule has 0 bridgehead atoms.